The summed E-state index contributed by atoms with van der Waals surface area (Å²) in [5.41, 5.74) is 5.98. The molecule has 0 fully saturated rings. The van der Waals surface area contributed by atoms with Crippen LogP contribution >= 0.6 is 0 Å². The van der Waals surface area contributed by atoms with Gasteiger partial charge in [0.25, 0.3) is 0 Å². The SMILES string of the molecule is Cc1ccc(C)c(C)c1.Cc1cccc(C)c1O. The molecule has 0 aliphatic carbocycles. The zero-order chi connectivity index (χ0) is 13.7. The first-order valence-electron chi connectivity index (χ1n) is 6.21. The molecule has 0 amide bonds. The van der Waals surface area contributed by atoms with Crippen LogP contribution in [0.1, 0.15) is 27.8 Å². The third-order valence-electron chi connectivity index (χ3n) is 3.10. The summed E-state index contributed by atoms with van der Waals surface area (Å²) in [7, 11) is 0. The number of rotatable bonds is 0. The minimum Gasteiger partial charge on any atom is -0.507 e. The Balaban J connectivity index is 0.000000180. The molecule has 0 saturated carbocycles. The van der Waals surface area contributed by atoms with Crippen LogP contribution in [0.25, 0.3) is 0 Å². The van der Waals surface area contributed by atoms with Gasteiger partial charge in [0.1, 0.15) is 5.75 Å². The summed E-state index contributed by atoms with van der Waals surface area (Å²) in [5, 5.41) is 9.21. The molecule has 0 unspecified atom stereocenters. The largest absolute Gasteiger partial charge is 0.507 e. The molecule has 0 saturated heterocycles. The first kappa shape index (κ1) is 14.3. The second-order valence-electron chi connectivity index (χ2n) is 4.83. The van der Waals surface area contributed by atoms with Gasteiger partial charge in [0.15, 0.2) is 0 Å². The Kier molecular flexibility index (Phi) is 4.96. The van der Waals surface area contributed by atoms with E-state index in [1.807, 2.05) is 32.0 Å². The monoisotopic (exact) mass is 242 g/mol. The lowest BCUT2D eigenvalue weighted by atomic mass is 10.1. The maximum absolute atomic E-state index is 9.21. The fourth-order valence-corrected chi connectivity index (χ4v) is 1.70. The smallest absolute Gasteiger partial charge is 0.121 e. The first-order valence-corrected chi connectivity index (χ1v) is 6.21. The molecular formula is C17H22O. The van der Waals surface area contributed by atoms with Crippen molar-refractivity contribution in [1.82, 2.24) is 0 Å². The molecule has 1 nitrogen and oxygen atoms in total. The number of benzene rings is 2. The summed E-state index contributed by atoms with van der Waals surface area (Å²) in [6.45, 7) is 10.2. The highest BCUT2D eigenvalue weighted by atomic mass is 16.3. The third-order valence-corrected chi connectivity index (χ3v) is 3.10. The van der Waals surface area contributed by atoms with Crippen molar-refractivity contribution >= 4 is 0 Å². The first-order chi connectivity index (χ1) is 8.41. The van der Waals surface area contributed by atoms with Gasteiger partial charge in [-0.2, -0.15) is 0 Å². The van der Waals surface area contributed by atoms with E-state index in [1.165, 1.54) is 16.7 Å². The number of para-hydroxylation sites is 1. The third kappa shape index (κ3) is 3.92. The lowest BCUT2D eigenvalue weighted by Crippen LogP contribution is -1.79. The second-order valence-corrected chi connectivity index (χ2v) is 4.83. The van der Waals surface area contributed by atoms with Crippen LogP contribution in [0.15, 0.2) is 36.4 Å². The van der Waals surface area contributed by atoms with E-state index in [1.54, 1.807) is 0 Å². The molecule has 2 rings (SSSR count). The average Bonchev–Trinajstić information content (AvgIpc) is 2.32. The molecule has 1 N–H and O–H groups in total. The van der Waals surface area contributed by atoms with Crippen molar-refractivity contribution in [3.05, 3.63) is 64.2 Å². The van der Waals surface area contributed by atoms with Crippen molar-refractivity contribution in [1.29, 1.82) is 0 Å². The summed E-state index contributed by atoms with van der Waals surface area (Å²) in [4.78, 5) is 0. The highest BCUT2D eigenvalue weighted by Crippen LogP contribution is 2.19. The Bertz CT molecular complexity index is 507. The van der Waals surface area contributed by atoms with Gasteiger partial charge in [-0.05, 0) is 56.9 Å². The van der Waals surface area contributed by atoms with Crippen LogP contribution in [-0.2, 0) is 0 Å². The van der Waals surface area contributed by atoms with Crippen LogP contribution in [-0.4, -0.2) is 5.11 Å². The summed E-state index contributed by atoms with van der Waals surface area (Å²) >= 11 is 0. The van der Waals surface area contributed by atoms with Crippen molar-refractivity contribution in [2.24, 2.45) is 0 Å². The van der Waals surface area contributed by atoms with Gasteiger partial charge in [0, 0.05) is 0 Å². The van der Waals surface area contributed by atoms with E-state index in [4.69, 9.17) is 0 Å². The molecule has 18 heavy (non-hydrogen) atoms. The molecule has 1 heteroatoms. The van der Waals surface area contributed by atoms with Crippen molar-refractivity contribution in [2.75, 3.05) is 0 Å². The predicted molar refractivity (Wildman–Crippen MR) is 78.2 cm³/mol. The van der Waals surface area contributed by atoms with E-state index in [-0.39, 0.29) is 0 Å². The highest BCUT2D eigenvalue weighted by molar-refractivity contribution is 5.38. The maximum Gasteiger partial charge on any atom is 0.121 e. The quantitative estimate of drug-likeness (QED) is 0.714. The summed E-state index contributed by atoms with van der Waals surface area (Å²) in [6, 6.07) is 12.2. The average molecular weight is 242 g/mol. The van der Waals surface area contributed by atoms with E-state index in [9.17, 15) is 5.11 Å². The summed E-state index contributed by atoms with van der Waals surface area (Å²) in [6.07, 6.45) is 0. The van der Waals surface area contributed by atoms with Crippen LogP contribution < -0.4 is 0 Å². The topological polar surface area (TPSA) is 20.2 Å². The lowest BCUT2D eigenvalue weighted by Gasteiger charge is -1.99. The fraction of sp³-hybridized carbons (Fsp3) is 0.294. The number of phenols is 1. The Labute approximate surface area is 110 Å². The number of aryl methyl sites for hydroxylation is 5. The maximum atomic E-state index is 9.21. The number of phenolic OH excluding ortho intramolecular Hbond substituents is 1. The standard InChI is InChI=1S/C9H12.C8H10O/c1-7-4-5-8(2)9(3)6-7;1-6-4-3-5-7(2)8(6)9/h4-6H,1-3H3;3-5,9H,1-2H3. The van der Waals surface area contributed by atoms with Gasteiger partial charge in [-0.25, -0.2) is 0 Å². The van der Waals surface area contributed by atoms with Crippen molar-refractivity contribution in [3.63, 3.8) is 0 Å². The van der Waals surface area contributed by atoms with Gasteiger partial charge < -0.3 is 5.11 Å². The van der Waals surface area contributed by atoms with Crippen LogP contribution in [0.2, 0.25) is 0 Å². The Morgan fingerprint density at radius 3 is 1.61 bits per heavy atom. The van der Waals surface area contributed by atoms with Crippen molar-refractivity contribution < 1.29 is 5.11 Å². The number of hydrogen-bond donors (Lipinski definition) is 1. The zero-order valence-corrected chi connectivity index (χ0v) is 11.9. The molecule has 0 aliphatic heterocycles. The number of aromatic hydroxyl groups is 1. The normalized spacial score (nSPS) is 9.61. The molecule has 0 bridgehead atoms. The van der Waals surface area contributed by atoms with Gasteiger partial charge in [0.2, 0.25) is 0 Å². The lowest BCUT2D eigenvalue weighted by molar-refractivity contribution is 0.467. The molecule has 0 aromatic heterocycles. The predicted octanol–water partition coefficient (Wildman–Crippen LogP) is 4.62. The van der Waals surface area contributed by atoms with Crippen LogP contribution in [0, 0.1) is 34.6 Å². The summed E-state index contributed by atoms with van der Waals surface area (Å²) < 4.78 is 0. The second kappa shape index (κ2) is 6.25. The minimum atomic E-state index is 0.414. The van der Waals surface area contributed by atoms with E-state index in [2.05, 4.69) is 39.0 Å². The molecular weight excluding hydrogens is 220 g/mol. The molecule has 96 valence electrons. The van der Waals surface area contributed by atoms with E-state index < -0.39 is 0 Å². The van der Waals surface area contributed by atoms with Gasteiger partial charge in [-0.1, -0.05) is 42.0 Å². The Morgan fingerprint density at radius 2 is 1.22 bits per heavy atom. The van der Waals surface area contributed by atoms with Gasteiger partial charge in [-0.3, -0.25) is 0 Å². The van der Waals surface area contributed by atoms with E-state index in [0.29, 0.717) is 5.75 Å². The van der Waals surface area contributed by atoms with Gasteiger partial charge in [0.05, 0.1) is 0 Å². The van der Waals surface area contributed by atoms with Crippen LogP contribution in [0.3, 0.4) is 0 Å². The summed E-state index contributed by atoms with van der Waals surface area (Å²) in [5.74, 6) is 0.414. The fourth-order valence-electron chi connectivity index (χ4n) is 1.70. The van der Waals surface area contributed by atoms with E-state index in [0.717, 1.165) is 11.1 Å². The molecule has 0 heterocycles. The molecule has 2 aromatic rings. The zero-order valence-electron chi connectivity index (χ0n) is 11.9. The molecule has 0 spiro atoms. The highest BCUT2D eigenvalue weighted by Gasteiger charge is 1.95. The van der Waals surface area contributed by atoms with Crippen molar-refractivity contribution in [3.8, 4) is 5.75 Å². The Morgan fingerprint density at radius 1 is 0.667 bits per heavy atom. The molecule has 2 aromatic carbocycles. The van der Waals surface area contributed by atoms with Crippen LogP contribution in [0.4, 0.5) is 0 Å². The molecule has 0 atom stereocenters. The van der Waals surface area contributed by atoms with E-state index >= 15 is 0 Å². The minimum absolute atomic E-state index is 0.414. The van der Waals surface area contributed by atoms with Gasteiger partial charge in [-0.15, -0.1) is 0 Å². The van der Waals surface area contributed by atoms with Gasteiger partial charge >= 0.3 is 0 Å². The number of hydrogen-bond acceptors (Lipinski definition) is 1. The van der Waals surface area contributed by atoms with Crippen molar-refractivity contribution in [2.45, 2.75) is 34.6 Å². The molecule has 0 radical (unpaired) electrons. The molecule has 0 aliphatic rings. The van der Waals surface area contributed by atoms with Crippen LogP contribution in [0.5, 0.6) is 5.75 Å². The Hall–Kier alpha value is -1.76.